The van der Waals surface area contributed by atoms with Crippen molar-refractivity contribution in [3.8, 4) is 5.75 Å². The summed E-state index contributed by atoms with van der Waals surface area (Å²) in [6, 6.07) is 13.1. The van der Waals surface area contributed by atoms with Crippen LogP contribution in [0.3, 0.4) is 0 Å². The molecule has 1 aliphatic rings. The molecular weight excluding hydrogens is 298 g/mol. The SMILES string of the molecule is COc1ccc2c(c1)CCCCN2C(=O)c1ccccc1Cl. The van der Waals surface area contributed by atoms with Crippen LogP contribution in [0.5, 0.6) is 5.75 Å². The zero-order valence-electron chi connectivity index (χ0n) is 12.5. The molecule has 0 spiro atoms. The van der Waals surface area contributed by atoms with E-state index in [2.05, 4.69) is 0 Å². The van der Waals surface area contributed by atoms with Crippen molar-refractivity contribution in [1.82, 2.24) is 0 Å². The van der Waals surface area contributed by atoms with Crippen LogP contribution < -0.4 is 9.64 Å². The van der Waals surface area contributed by atoms with E-state index in [1.807, 2.05) is 35.2 Å². The van der Waals surface area contributed by atoms with Gasteiger partial charge in [-0.25, -0.2) is 0 Å². The van der Waals surface area contributed by atoms with Gasteiger partial charge in [0.1, 0.15) is 5.75 Å². The second-order valence-electron chi connectivity index (χ2n) is 5.39. The van der Waals surface area contributed by atoms with Crippen LogP contribution in [-0.4, -0.2) is 19.6 Å². The van der Waals surface area contributed by atoms with Gasteiger partial charge in [0, 0.05) is 12.2 Å². The summed E-state index contributed by atoms with van der Waals surface area (Å²) < 4.78 is 5.30. The number of rotatable bonds is 2. The molecule has 0 aromatic heterocycles. The first-order valence-corrected chi connectivity index (χ1v) is 7.82. The lowest BCUT2D eigenvalue weighted by molar-refractivity contribution is 0.0987. The summed E-state index contributed by atoms with van der Waals surface area (Å²) in [6.45, 7) is 0.712. The third-order valence-corrected chi connectivity index (χ3v) is 4.33. The number of anilines is 1. The van der Waals surface area contributed by atoms with Crippen molar-refractivity contribution in [2.75, 3.05) is 18.6 Å². The Morgan fingerprint density at radius 3 is 2.77 bits per heavy atom. The van der Waals surface area contributed by atoms with Crippen molar-refractivity contribution in [2.45, 2.75) is 19.3 Å². The summed E-state index contributed by atoms with van der Waals surface area (Å²) in [5, 5.41) is 0.492. The summed E-state index contributed by atoms with van der Waals surface area (Å²) in [6.07, 6.45) is 3.00. The van der Waals surface area contributed by atoms with Crippen LogP contribution in [0.15, 0.2) is 42.5 Å². The topological polar surface area (TPSA) is 29.5 Å². The average Bonchev–Trinajstić information content (AvgIpc) is 2.76. The fourth-order valence-corrected chi connectivity index (χ4v) is 3.07. The lowest BCUT2D eigenvalue weighted by Gasteiger charge is -2.23. The van der Waals surface area contributed by atoms with Crippen molar-refractivity contribution in [1.29, 1.82) is 0 Å². The van der Waals surface area contributed by atoms with E-state index in [0.717, 1.165) is 36.3 Å². The van der Waals surface area contributed by atoms with Crippen molar-refractivity contribution in [3.63, 3.8) is 0 Å². The van der Waals surface area contributed by atoms with Crippen LogP contribution in [0.2, 0.25) is 5.02 Å². The maximum atomic E-state index is 12.9. The number of nitrogens with zero attached hydrogens (tertiary/aromatic N) is 1. The van der Waals surface area contributed by atoms with E-state index in [1.165, 1.54) is 0 Å². The van der Waals surface area contributed by atoms with Gasteiger partial charge in [-0.15, -0.1) is 0 Å². The number of hydrogen-bond donors (Lipinski definition) is 0. The Kier molecular flexibility index (Phi) is 4.34. The van der Waals surface area contributed by atoms with E-state index < -0.39 is 0 Å². The smallest absolute Gasteiger partial charge is 0.259 e. The molecule has 114 valence electrons. The highest BCUT2D eigenvalue weighted by Gasteiger charge is 2.24. The van der Waals surface area contributed by atoms with Crippen LogP contribution in [0.25, 0.3) is 0 Å². The molecule has 2 aromatic carbocycles. The molecule has 0 saturated heterocycles. The van der Waals surface area contributed by atoms with Crippen molar-refractivity contribution >= 4 is 23.2 Å². The normalized spacial score (nSPS) is 14.2. The predicted molar refractivity (Wildman–Crippen MR) is 89.1 cm³/mol. The van der Waals surface area contributed by atoms with Gasteiger partial charge in [0.25, 0.3) is 5.91 Å². The minimum absolute atomic E-state index is 0.0427. The second-order valence-corrected chi connectivity index (χ2v) is 5.80. The van der Waals surface area contributed by atoms with Gasteiger partial charge >= 0.3 is 0 Å². The monoisotopic (exact) mass is 315 g/mol. The predicted octanol–water partition coefficient (Wildman–Crippen LogP) is 4.33. The maximum absolute atomic E-state index is 12.9. The molecule has 1 heterocycles. The molecule has 1 aliphatic heterocycles. The minimum atomic E-state index is -0.0427. The van der Waals surface area contributed by atoms with Crippen LogP contribution in [-0.2, 0) is 6.42 Å². The summed E-state index contributed by atoms with van der Waals surface area (Å²) in [5.41, 5.74) is 2.66. The van der Waals surface area contributed by atoms with Gasteiger partial charge in [-0.05, 0) is 55.2 Å². The third-order valence-electron chi connectivity index (χ3n) is 4.00. The quantitative estimate of drug-likeness (QED) is 0.825. The van der Waals surface area contributed by atoms with Crippen molar-refractivity contribution < 1.29 is 9.53 Å². The van der Waals surface area contributed by atoms with Gasteiger partial charge in [-0.2, -0.15) is 0 Å². The van der Waals surface area contributed by atoms with Crippen molar-refractivity contribution in [3.05, 3.63) is 58.6 Å². The zero-order valence-corrected chi connectivity index (χ0v) is 13.3. The Balaban J connectivity index is 2.01. The number of carbonyl (C=O) groups is 1. The Morgan fingerprint density at radius 2 is 2.00 bits per heavy atom. The van der Waals surface area contributed by atoms with Gasteiger partial charge in [0.2, 0.25) is 0 Å². The molecule has 2 aromatic rings. The van der Waals surface area contributed by atoms with E-state index in [9.17, 15) is 4.79 Å². The van der Waals surface area contributed by atoms with Crippen LogP contribution in [0, 0.1) is 0 Å². The number of halogens is 1. The molecular formula is C18H18ClNO2. The van der Waals surface area contributed by atoms with Crippen molar-refractivity contribution in [2.24, 2.45) is 0 Å². The molecule has 0 atom stereocenters. The molecule has 0 N–H and O–H groups in total. The van der Waals surface area contributed by atoms with E-state index in [0.29, 0.717) is 17.1 Å². The zero-order chi connectivity index (χ0) is 15.5. The molecule has 0 bridgehead atoms. The van der Waals surface area contributed by atoms with Crippen LogP contribution in [0.4, 0.5) is 5.69 Å². The van der Waals surface area contributed by atoms with E-state index in [4.69, 9.17) is 16.3 Å². The highest BCUT2D eigenvalue weighted by Crippen LogP contribution is 2.31. The van der Waals surface area contributed by atoms with Gasteiger partial charge in [-0.3, -0.25) is 4.79 Å². The highest BCUT2D eigenvalue weighted by molar-refractivity contribution is 6.34. The minimum Gasteiger partial charge on any atom is -0.497 e. The lowest BCUT2D eigenvalue weighted by Crippen LogP contribution is -2.32. The molecule has 0 saturated carbocycles. The number of amides is 1. The molecule has 0 unspecified atom stereocenters. The number of carbonyl (C=O) groups excluding carboxylic acids is 1. The summed E-state index contributed by atoms with van der Waals surface area (Å²) in [5.74, 6) is 0.782. The van der Waals surface area contributed by atoms with E-state index in [-0.39, 0.29) is 5.91 Å². The third kappa shape index (κ3) is 2.81. The molecule has 3 rings (SSSR count). The lowest BCUT2D eigenvalue weighted by atomic mass is 10.1. The molecule has 4 heteroatoms. The average molecular weight is 316 g/mol. The van der Waals surface area contributed by atoms with E-state index >= 15 is 0 Å². The van der Waals surface area contributed by atoms with Crippen LogP contribution in [0.1, 0.15) is 28.8 Å². The highest BCUT2D eigenvalue weighted by atomic mass is 35.5. The molecule has 0 fully saturated rings. The standard InChI is InChI=1S/C18H18ClNO2/c1-22-14-9-10-17-13(12-14)6-4-5-11-20(17)18(21)15-7-2-3-8-16(15)19/h2-3,7-10,12H,4-6,11H2,1H3. The number of ether oxygens (including phenoxy) is 1. The number of hydrogen-bond acceptors (Lipinski definition) is 2. The summed E-state index contributed by atoms with van der Waals surface area (Å²) >= 11 is 6.19. The molecule has 0 aliphatic carbocycles. The number of benzene rings is 2. The molecule has 22 heavy (non-hydrogen) atoms. The first-order chi connectivity index (χ1) is 10.7. The summed E-state index contributed by atoms with van der Waals surface area (Å²) in [7, 11) is 1.66. The Morgan fingerprint density at radius 1 is 1.18 bits per heavy atom. The number of aryl methyl sites for hydroxylation is 1. The fourth-order valence-electron chi connectivity index (χ4n) is 2.85. The molecule has 3 nitrogen and oxygen atoms in total. The number of fused-ring (bicyclic) bond motifs is 1. The fraction of sp³-hybridized carbons (Fsp3) is 0.278. The Hall–Kier alpha value is -2.00. The molecule has 1 amide bonds. The van der Waals surface area contributed by atoms with Gasteiger partial charge in [0.15, 0.2) is 0 Å². The first-order valence-electron chi connectivity index (χ1n) is 7.44. The largest absolute Gasteiger partial charge is 0.497 e. The Labute approximate surface area is 135 Å². The summed E-state index contributed by atoms with van der Waals surface area (Å²) in [4.78, 5) is 14.7. The first kappa shape index (κ1) is 14.9. The van der Waals surface area contributed by atoms with Gasteiger partial charge in [-0.1, -0.05) is 23.7 Å². The molecule has 0 radical (unpaired) electrons. The number of methoxy groups -OCH3 is 1. The van der Waals surface area contributed by atoms with Crippen LogP contribution >= 0.6 is 11.6 Å². The maximum Gasteiger partial charge on any atom is 0.259 e. The Bertz CT molecular complexity index is 699. The van der Waals surface area contributed by atoms with E-state index in [1.54, 1.807) is 19.2 Å². The second kappa shape index (κ2) is 6.41. The van der Waals surface area contributed by atoms with Gasteiger partial charge in [0.05, 0.1) is 17.7 Å². The van der Waals surface area contributed by atoms with Gasteiger partial charge < -0.3 is 9.64 Å².